The Labute approximate surface area is 161 Å². The van der Waals surface area contributed by atoms with E-state index in [9.17, 15) is 12.8 Å². The first kappa shape index (κ1) is 20.9. The molecule has 26 heavy (non-hydrogen) atoms. The SMILES string of the molecule is CNS(=O)(=O)c1ccc(Cc2c(Cl)nn(CC(F)=CC[NH3+])c2C)cc1Cl. The Kier molecular flexibility index (Phi) is 6.81. The molecule has 0 radical (unpaired) electrons. The van der Waals surface area contributed by atoms with Crippen LogP contribution in [0, 0.1) is 6.92 Å². The van der Waals surface area contributed by atoms with Gasteiger partial charge in [0, 0.05) is 23.8 Å². The van der Waals surface area contributed by atoms with Gasteiger partial charge in [0.2, 0.25) is 10.0 Å². The number of hydrogen-bond donors (Lipinski definition) is 2. The van der Waals surface area contributed by atoms with Crippen molar-refractivity contribution in [3.05, 3.63) is 57.1 Å². The highest BCUT2D eigenvalue weighted by Crippen LogP contribution is 2.27. The molecule has 2 rings (SSSR count). The first-order valence-corrected chi connectivity index (χ1v) is 10.0. The second-order valence-electron chi connectivity index (χ2n) is 5.60. The summed E-state index contributed by atoms with van der Waals surface area (Å²) in [5.74, 6) is -0.335. The van der Waals surface area contributed by atoms with Gasteiger partial charge >= 0.3 is 0 Å². The van der Waals surface area contributed by atoms with E-state index in [-0.39, 0.29) is 27.4 Å². The molecule has 2 aromatic rings. The standard InChI is InChI=1S/C16H19Cl2FN4O2S/c1-10-13(16(18)22-23(10)9-12(19)5-6-20)7-11-3-4-15(14(17)8-11)26(24,25)21-2/h3-5,8,21H,6-7,9,20H2,1-2H3/p+1. The van der Waals surface area contributed by atoms with Gasteiger partial charge in [-0.15, -0.1) is 0 Å². The van der Waals surface area contributed by atoms with E-state index in [0.29, 0.717) is 13.0 Å². The van der Waals surface area contributed by atoms with Crippen molar-refractivity contribution >= 4 is 33.2 Å². The number of nitrogens with one attached hydrogen (secondary N) is 1. The van der Waals surface area contributed by atoms with E-state index >= 15 is 0 Å². The molecule has 142 valence electrons. The summed E-state index contributed by atoms with van der Waals surface area (Å²) < 4.78 is 41.2. The van der Waals surface area contributed by atoms with Gasteiger partial charge in [-0.1, -0.05) is 29.3 Å². The summed E-state index contributed by atoms with van der Waals surface area (Å²) in [7, 11) is -2.31. The van der Waals surface area contributed by atoms with Gasteiger partial charge in [-0.25, -0.2) is 17.5 Å². The zero-order valence-electron chi connectivity index (χ0n) is 14.4. The average molecular weight is 422 g/mol. The van der Waals surface area contributed by atoms with Crippen molar-refractivity contribution in [3.8, 4) is 0 Å². The molecule has 6 nitrogen and oxygen atoms in total. The van der Waals surface area contributed by atoms with Crippen LogP contribution in [0.5, 0.6) is 0 Å². The van der Waals surface area contributed by atoms with E-state index in [4.69, 9.17) is 23.2 Å². The van der Waals surface area contributed by atoms with Crippen molar-refractivity contribution in [2.75, 3.05) is 13.6 Å². The number of benzene rings is 1. The summed E-state index contributed by atoms with van der Waals surface area (Å²) in [4.78, 5) is 0.00399. The summed E-state index contributed by atoms with van der Waals surface area (Å²) in [6, 6.07) is 4.67. The zero-order chi connectivity index (χ0) is 19.5. The molecule has 0 aliphatic heterocycles. The van der Waals surface area contributed by atoms with Crippen LogP contribution in [-0.4, -0.2) is 31.8 Å². The van der Waals surface area contributed by atoms with Crippen LogP contribution in [-0.2, 0) is 23.0 Å². The molecule has 4 N–H and O–H groups in total. The molecule has 0 spiro atoms. The summed E-state index contributed by atoms with van der Waals surface area (Å²) in [5.41, 5.74) is 5.80. The van der Waals surface area contributed by atoms with Gasteiger partial charge < -0.3 is 5.73 Å². The molecule has 10 heteroatoms. The second kappa shape index (κ2) is 8.49. The number of nitrogens with zero attached hydrogens (tertiary/aromatic N) is 2. The van der Waals surface area contributed by atoms with Gasteiger partial charge in [0.25, 0.3) is 0 Å². The van der Waals surface area contributed by atoms with Crippen molar-refractivity contribution in [2.45, 2.75) is 24.8 Å². The van der Waals surface area contributed by atoms with Crippen molar-refractivity contribution in [1.29, 1.82) is 0 Å². The van der Waals surface area contributed by atoms with Crippen molar-refractivity contribution in [3.63, 3.8) is 0 Å². The van der Waals surface area contributed by atoms with Gasteiger partial charge in [0.05, 0.1) is 18.1 Å². The quantitative estimate of drug-likeness (QED) is 0.716. The number of aromatic nitrogens is 2. The van der Waals surface area contributed by atoms with Gasteiger partial charge in [-0.3, -0.25) is 4.68 Å². The number of hydrogen-bond acceptors (Lipinski definition) is 3. The third-order valence-corrected chi connectivity index (χ3v) is 6.08. The Morgan fingerprint density at radius 1 is 1.42 bits per heavy atom. The van der Waals surface area contributed by atoms with Gasteiger partial charge in [0.1, 0.15) is 10.7 Å². The highest BCUT2D eigenvalue weighted by Gasteiger charge is 2.18. The van der Waals surface area contributed by atoms with E-state index in [1.54, 1.807) is 19.1 Å². The Morgan fingerprint density at radius 3 is 2.69 bits per heavy atom. The van der Waals surface area contributed by atoms with Gasteiger partial charge in [0.15, 0.2) is 5.15 Å². The van der Waals surface area contributed by atoms with Crippen molar-refractivity contribution in [2.24, 2.45) is 0 Å². The molecule has 0 saturated heterocycles. The molecule has 0 atom stereocenters. The monoisotopic (exact) mass is 421 g/mol. The van der Waals surface area contributed by atoms with Crippen LogP contribution in [0.4, 0.5) is 4.39 Å². The fourth-order valence-corrected chi connectivity index (χ4v) is 4.04. The Hall–Kier alpha value is -1.45. The summed E-state index contributed by atoms with van der Waals surface area (Å²) in [6.45, 7) is 2.14. The van der Waals surface area contributed by atoms with E-state index in [0.717, 1.165) is 16.8 Å². The molecule has 0 fully saturated rings. The maximum Gasteiger partial charge on any atom is 0.241 e. The van der Waals surface area contributed by atoms with E-state index in [1.165, 1.54) is 23.9 Å². The summed E-state index contributed by atoms with van der Waals surface area (Å²) in [5, 5.41) is 4.55. The maximum absolute atomic E-state index is 13.7. The van der Waals surface area contributed by atoms with E-state index in [1.807, 2.05) is 0 Å². The van der Waals surface area contributed by atoms with Crippen LogP contribution in [0.1, 0.15) is 16.8 Å². The maximum atomic E-state index is 13.7. The molecular weight excluding hydrogens is 402 g/mol. The number of allylic oxidation sites excluding steroid dienone is 1. The number of sulfonamides is 1. The largest absolute Gasteiger partial charge is 0.354 e. The highest BCUT2D eigenvalue weighted by molar-refractivity contribution is 7.89. The van der Waals surface area contributed by atoms with E-state index < -0.39 is 10.0 Å². The fraction of sp³-hybridized carbons (Fsp3) is 0.312. The zero-order valence-corrected chi connectivity index (χ0v) is 16.7. The molecule has 0 amide bonds. The minimum Gasteiger partial charge on any atom is -0.354 e. The molecule has 0 unspecified atom stereocenters. The first-order chi connectivity index (χ1) is 12.2. The topological polar surface area (TPSA) is 91.6 Å². The van der Waals surface area contributed by atoms with Crippen LogP contribution in [0.15, 0.2) is 35.0 Å². The fourth-order valence-electron chi connectivity index (χ4n) is 2.45. The third-order valence-electron chi connectivity index (χ3n) is 3.88. The average Bonchev–Trinajstić information content (AvgIpc) is 2.82. The lowest BCUT2D eigenvalue weighted by molar-refractivity contribution is -0.353. The lowest BCUT2D eigenvalue weighted by atomic mass is 10.1. The minimum atomic E-state index is -3.63. The first-order valence-electron chi connectivity index (χ1n) is 7.77. The molecule has 0 bridgehead atoms. The number of rotatable bonds is 7. The lowest BCUT2D eigenvalue weighted by Crippen LogP contribution is -2.49. The molecule has 1 aromatic heterocycles. The molecule has 1 heterocycles. The van der Waals surface area contributed by atoms with Crippen molar-refractivity contribution < 1.29 is 18.5 Å². The van der Waals surface area contributed by atoms with E-state index in [2.05, 4.69) is 15.6 Å². The summed E-state index contributed by atoms with van der Waals surface area (Å²) >= 11 is 12.3. The molecule has 1 aromatic carbocycles. The smallest absolute Gasteiger partial charge is 0.241 e. The third kappa shape index (κ3) is 4.63. The number of quaternary nitrogens is 1. The predicted octanol–water partition coefficient (Wildman–Crippen LogP) is 2.09. The Bertz CT molecular complexity index is 942. The van der Waals surface area contributed by atoms with Crippen LogP contribution < -0.4 is 10.5 Å². The lowest BCUT2D eigenvalue weighted by Gasteiger charge is -2.08. The van der Waals surface area contributed by atoms with Crippen LogP contribution in [0.25, 0.3) is 0 Å². The number of halogens is 3. The molecular formula is C16H20Cl2FN4O2S+. The predicted molar refractivity (Wildman–Crippen MR) is 99.4 cm³/mol. The van der Waals surface area contributed by atoms with Gasteiger partial charge in [-0.05, 0) is 31.7 Å². The molecule has 0 saturated carbocycles. The molecule has 0 aliphatic rings. The van der Waals surface area contributed by atoms with Gasteiger partial charge in [-0.2, -0.15) is 5.10 Å². The Balaban J connectivity index is 2.31. The minimum absolute atomic E-state index is 0.00399. The normalized spacial score (nSPS) is 12.6. The van der Waals surface area contributed by atoms with Crippen LogP contribution >= 0.6 is 23.2 Å². The van der Waals surface area contributed by atoms with Crippen LogP contribution in [0.3, 0.4) is 0 Å². The second-order valence-corrected chi connectivity index (χ2v) is 8.22. The molecule has 0 aliphatic carbocycles. The van der Waals surface area contributed by atoms with Crippen molar-refractivity contribution in [1.82, 2.24) is 14.5 Å². The van der Waals surface area contributed by atoms with Crippen LogP contribution in [0.2, 0.25) is 10.2 Å². The highest BCUT2D eigenvalue weighted by atomic mass is 35.5. The Morgan fingerprint density at radius 2 is 2.12 bits per heavy atom. The summed E-state index contributed by atoms with van der Waals surface area (Å²) in [6.07, 6.45) is 1.78.